The SMILES string of the molecule is C[Si](C)(C)C#Cc1cc(C#C[Si](C)(C)C)c(C#C[Si](C)(C)C)c(C#C[Si](C)(C)C)c1C#C[Si](C)(C)C. The Kier molecular flexibility index (Phi) is 10.4. The molecule has 0 unspecified atom stereocenters. The highest BCUT2D eigenvalue weighted by Gasteiger charge is 2.19. The number of hydrogen-bond acceptors (Lipinski definition) is 0. The fraction of sp³-hybridized carbons (Fsp3) is 0.484. The molecule has 0 nitrogen and oxygen atoms in total. The van der Waals surface area contributed by atoms with E-state index in [-0.39, 0.29) is 0 Å². The standard InChI is InChI=1S/C31H46Si5/c1-32(2,3)21-16-27-26-28(17-22-33(4,5)6)30(19-24-35(10,11)12)31(20-25-36(13,14)15)29(27)18-23-34(7,8)9/h26H,1-15H3. The van der Waals surface area contributed by atoms with Gasteiger partial charge in [-0.15, -0.1) is 27.7 Å². The van der Waals surface area contributed by atoms with Gasteiger partial charge in [-0.05, 0) is 6.07 Å². The zero-order chi connectivity index (χ0) is 28.2. The maximum Gasteiger partial charge on any atom is 0.129 e. The molecule has 0 N–H and O–H groups in total. The second-order valence-electron chi connectivity index (χ2n) is 14.6. The first kappa shape index (κ1) is 32.1. The smallest absolute Gasteiger partial charge is 0.127 e. The van der Waals surface area contributed by atoms with Crippen molar-refractivity contribution in [3.05, 3.63) is 33.9 Å². The predicted octanol–water partition coefficient (Wildman–Crippen LogP) is 7.83. The molecule has 0 aliphatic rings. The van der Waals surface area contributed by atoms with Crippen molar-refractivity contribution in [2.45, 2.75) is 98.2 Å². The molecule has 0 saturated carbocycles. The Balaban J connectivity index is 4.45. The Morgan fingerprint density at radius 2 is 0.556 bits per heavy atom. The molecule has 0 saturated heterocycles. The Morgan fingerprint density at radius 3 is 0.806 bits per heavy atom. The fourth-order valence-corrected chi connectivity index (χ4v) is 5.04. The Labute approximate surface area is 228 Å². The molecule has 0 bridgehead atoms. The van der Waals surface area contributed by atoms with Gasteiger partial charge in [0, 0.05) is 11.1 Å². The van der Waals surface area contributed by atoms with Crippen LogP contribution in [0.3, 0.4) is 0 Å². The van der Waals surface area contributed by atoms with Crippen molar-refractivity contribution in [3.63, 3.8) is 0 Å². The summed E-state index contributed by atoms with van der Waals surface area (Å²) in [6, 6.07) is 2.16. The van der Waals surface area contributed by atoms with Gasteiger partial charge in [0.25, 0.3) is 0 Å². The quantitative estimate of drug-likeness (QED) is 0.225. The van der Waals surface area contributed by atoms with Crippen LogP contribution in [-0.4, -0.2) is 40.4 Å². The van der Waals surface area contributed by atoms with Crippen LogP contribution in [-0.2, 0) is 0 Å². The third-order valence-corrected chi connectivity index (χ3v) is 8.53. The van der Waals surface area contributed by atoms with Gasteiger partial charge in [-0.25, -0.2) is 0 Å². The topological polar surface area (TPSA) is 0 Å². The number of hydrogen-bond donors (Lipinski definition) is 0. The maximum atomic E-state index is 3.61. The van der Waals surface area contributed by atoms with E-state index in [9.17, 15) is 0 Å². The van der Waals surface area contributed by atoms with Crippen LogP contribution in [0.25, 0.3) is 0 Å². The minimum absolute atomic E-state index is 0.941. The highest BCUT2D eigenvalue weighted by molar-refractivity contribution is 6.85. The van der Waals surface area contributed by atoms with Crippen LogP contribution < -0.4 is 0 Å². The summed E-state index contributed by atoms with van der Waals surface area (Å²) in [4.78, 5) is 0. The number of rotatable bonds is 0. The van der Waals surface area contributed by atoms with Crippen molar-refractivity contribution in [3.8, 4) is 57.3 Å². The maximum absolute atomic E-state index is 3.61. The molecule has 0 atom stereocenters. The highest BCUT2D eigenvalue weighted by Crippen LogP contribution is 2.23. The molecule has 0 heterocycles. The van der Waals surface area contributed by atoms with Crippen LogP contribution in [0.5, 0.6) is 0 Å². The Bertz CT molecular complexity index is 1220. The zero-order valence-corrected chi connectivity index (χ0v) is 30.6. The normalized spacial score (nSPS) is 11.8. The van der Waals surface area contributed by atoms with E-state index in [1.807, 2.05) is 0 Å². The summed E-state index contributed by atoms with van der Waals surface area (Å²) in [6.07, 6.45) is 0. The zero-order valence-electron chi connectivity index (χ0n) is 25.6. The van der Waals surface area contributed by atoms with Crippen molar-refractivity contribution >= 4 is 40.4 Å². The van der Waals surface area contributed by atoms with Crippen LogP contribution in [0.15, 0.2) is 6.07 Å². The third-order valence-electron chi connectivity index (χ3n) is 4.16. The molecule has 0 radical (unpaired) electrons. The average molecular weight is 559 g/mol. The van der Waals surface area contributed by atoms with Crippen LogP contribution in [0.1, 0.15) is 27.8 Å². The molecule has 5 heteroatoms. The summed E-state index contributed by atoms with van der Waals surface area (Å²) in [7, 11) is -8.05. The molecule has 1 aromatic rings. The van der Waals surface area contributed by atoms with E-state index in [1.165, 1.54) is 0 Å². The summed E-state index contributed by atoms with van der Waals surface area (Å²) in [5, 5.41) is 0. The first-order valence-corrected chi connectivity index (χ1v) is 30.3. The van der Waals surface area contributed by atoms with Crippen molar-refractivity contribution in [1.29, 1.82) is 0 Å². The van der Waals surface area contributed by atoms with Gasteiger partial charge >= 0.3 is 0 Å². The molecule has 0 fully saturated rings. The second kappa shape index (κ2) is 11.7. The van der Waals surface area contributed by atoms with Crippen LogP contribution in [0, 0.1) is 57.3 Å². The summed E-state index contributed by atoms with van der Waals surface area (Å²) >= 11 is 0. The minimum atomic E-state index is -1.64. The van der Waals surface area contributed by atoms with Crippen LogP contribution >= 0.6 is 0 Å². The largest absolute Gasteiger partial charge is 0.129 e. The molecule has 0 aliphatic carbocycles. The van der Waals surface area contributed by atoms with Gasteiger partial charge in [0.1, 0.15) is 40.4 Å². The molecular formula is C31H46Si5. The molecular weight excluding hydrogens is 513 g/mol. The summed E-state index contributed by atoms with van der Waals surface area (Å²) in [5.41, 5.74) is 22.7. The molecule has 0 amide bonds. The van der Waals surface area contributed by atoms with E-state index in [0.29, 0.717) is 0 Å². The Hall–Kier alpha value is -1.90. The summed E-state index contributed by atoms with van der Waals surface area (Å²) in [5.74, 6) is 17.8. The average Bonchev–Trinajstić information content (AvgIpc) is 2.63. The van der Waals surface area contributed by atoms with Crippen molar-refractivity contribution in [2.24, 2.45) is 0 Å². The highest BCUT2D eigenvalue weighted by atomic mass is 28.3. The van der Waals surface area contributed by atoms with Gasteiger partial charge in [-0.2, -0.15) is 0 Å². The molecule has 0 spiro atoms. The van der Waals surface area contributed by atoms with Gasteiger partial charge in [0.05, 0.1) is 16.7 Å². The van der Waals surface area contributed by atoms with Gasteiger partial charge < -0.3 is 0 Å². The van der Waals surface area contributed by atoms with Crippen molar-refractivity contribution in [2.75, 3.05) is 0 Å². The van der Waals surface area contributed by atoms with Gasteiger partial charge in [-0.3, -0.25) is 0 Å². The third kappa shape index (κ3) is 13.4. The fourth-order valence-electron chi connectivity index (χ4n) is 2.52. The predicted molar refractivity (Wildman–Crippen MR) is 178 cm³/mol. The van der Waals surface area contributed by atoms with Crippen LogP contribution in [0.2, 0.25) is 98.2 Å². The van der Waals surface area contributed by atoms with E-state index in [4.69, 9.17) is 0 Å². The molecule has 1 rings (SSSR count). The molecule has 1 aromatic carbocycles. The number of benzene rings is 1. The van der Waals surface area contributed by atoms with Gasteiger partial charge in [0.2, 0.25) is 0 Å². The minimum Gasteiger partial charge on any atom is -0.127 e. The van der Waals surface area contributed by atoms with E-state index >= 15 is 0 Å². The van der Waals surface area contributed by atoms with E-state index in [0.717, 1.165) is 27.8 Å². The molecule has 190 valence electrons. The van der Waals surface area contributed by atoms with E-state index in [1.54, 1.807) is 0 Å². The lowest BCUT2D eigenvalue weighted by Crippen LogP contribution is -2.18. The molecule has 0 aliphatic heterocycles. The first-order valence-electron chi connectivity index (χ1n) is 12.8. The van der Waals surface area contributed by atoms with Gasteiger partial charge in [-0.1, -0.05) is 128 Å². The lowest BCUT2D eigenvalue weighted by atomic mass is 9.92. The lowest BCUT2D eigenvalue weighted by molar-refractivity contribution is 1.47. The summed E-state index contributed by atoms with van der Waals surface area (Å²) < 4.78 is 0. The van der Waals surface area contributed by atoms with E-state index in [2.05, 4.69) is 162 Å². The van der Waals surface area contributed by atoms with Crippen molar-refractivity contribution in [1.82, 2.24) is 0 Å². The van der Waals surface area contributed by atoms with Gasteiger partial charge in [0.15, 0.2) is 0 Å². The lowest BCUT2D eigenvalue weighted by Gasteiger charge is -2.13. The summed E-state index contributed by atoms with van der Waals surface area (Å²) in [6.45, 7) is 34.2. The first-order chi connectivity index (χ1) is 16.0. The second-order valence-corrected chi connectivity index (χ2v) is 38.3. The van der Waals surface area contributed by atoms with Crippen molar-refractivity contribution < 1.29 is 0 Å². The van der Waals surface area contributed by atoms with Crippen LogP contribution in [0.4, 0.5) is 0 Å². The Morgan fingerprint density at radius 1 is 0.333 bits per heavy atom. The molecule has 36 heavy (non-hydrogen) atoms. The van der Waals surface area contributed by atoms with E-state index < -0.39 is 40.4 Å². The molecule has 0 aromatic heterocycles. The monoisotopic (exact) mass is 558 g/mol.